The minimum Gasteiger partial charge on any atom is -0.389 e. The van der Waals surface area contributed by atoms with E-state index in [1.165, 1.54) is 25.8 Å². The van der Waals surface area contributed by atoms with E-state index in [4.69, 9.17) is 0 Å². The first kappa shape index (κ1) is 12.9. The first-order valence-corrected chi connectivity index (χ1v) is 6.16. The van der Waals surface area contributed by atoms with Gasteiger partial charge in [0.25, 0.3) is 0 Å². The quantitative estimate of drug-likeness (QED) is 0.646. The molecule has 90 valence electrons. The first-order valence-electron chi connectivity index (χ1n) is 6.16. The smallest absolute Gasteiger partial charge is 0.0715 e. The highest BCUT2D eigenvalue weighted by Gasteiger charge is 2.18. The fraction of sp³-hybridized carbons (Fsp3) is 1.00. The number of aliphatic hydroxyl groups is 1. The van der Waals surface area contributed by atoms with Crippen LogP contribution in [0, 0.1) is 0 Å². The van der Waals surface area contributed by atoms with Crippen molar-refractivity contribution in [2.24, 2.45) is 0 Å². The third kappa shape index (κ3) is 6.13. The van der Waals surface area contributed by atoms with Crippen molar-refractivity contribution in [3.05, 3.63) is 0 Å². The monoisotopic (exact) mass is 214 g/mol. The Morgan fingerprint density at radius 3 is 2.73 bits per heavy atom. The van der Waals surface area contributed by atoms with Gasteiger partial charge in [0.15, 0.2) is 0 Å². The van der Waals surface area contributed by atoms with Crippen LogP contribution in [0.3, 0.4) is 0 Å². The molecule has 0 spiro atoms. The molecule has 0 amide bonds. The molecular weight excluding hydrogens is 188 g/mol. The average Bonchev–Trinajstić information content (AvgIpc) is 2.15. The van der Waals surface area contributed by atoms with E-state index < -0.39 is 5.60 Å². The van der Waals surface area contributed by atoms with Crippen molar-refractivity contribution in [1.29, 1.82) is 0 Å². The summed E-state index contributed by atoms with van der Waals surface area (Å²) in [7, 11) is 0. The Morgan fingerprint density at radius 2 is 2.20 bits per heavy atom. The van der Waals surface area contributed by atoms with Gasteiger partial charge in [0.05, 0.1) is 5.60 Å². The van der Waals surface area contributed by atoms with Crippen LogP contribution in [0.4, 0.5) is 0 Å². The normalized spacial score (nSPS) is 25.2. The molecule has 0 aromatic carbocycles. The van der Waals surface area contributed by atoms with E-state index in [9.17, 15) is 5.11 Å². The Morgan fingerprint density at radius 1 is 1.47 bits per heavy atom. The summed E-state index contributed by atoms with van der Waals surface area (Å²) in [6.07, 6.45) is 5.14. The van der Waals surface area contributed by atoms with Crippen LogP contribution in [0.25, 0.3) is 0 Å². The van der Waals surface area contributed by atoms with Crippen molar-refractivity contribution in [1.82, 2.24) is 10.6 Å². The molecule has 1 aliphatic rings. The summed E-state index contributed by atoms with van der Waals surface area (Å²) >= 11 is 0. The molecule has 1 heterocycles. The third-order valence-corrected chi connectivity index (χ3v) is 2.93. The van der Waals surface area contributed by atoms with Crippen molar-refractivity contribution in [2.45, 2.75) is 64.1 Å². The largest absolute Gasteiger partial charge is 0.389 e. The molecule has 1 rings (SSSR count). The number of piperidine rings is 1. The van der Waals surface area contributed by atoms with Crippen LogP contribution in [0.2, 0.25) is 0 Å². The van der Waals surface area contributed by atoms with Crippen molar-refractivity contribution < 1.29 is 5.11 Å². The minimum absolute atomic E-state index is 0.479. The van der Waals surface area contributed by atoms with E-state index in [0.717, 1.165) is 6.42 Å². The van der Waals surface area contributed by atoms with Crippen molar-refractivity contribution in [3.63, 3.8) is 0 Å². The van der Waals surface area contributed by atoms with Gasteiger partial charge in [-0.25, -0.2) is 0 Å². The van der Waals surface area contributed by atoms with Gasteiger partial charge in [-0.05, 0) is 46.6 Å². The molecule has 1 saturated heterocycles. The van der Waals surface area contributed by atoms with Gasteiger partial charge >= 0.3 is 0 Å². The summed E-state index contributed by atoms with van der Waals surface area (Å²) in [5, 5.41) is 16.5. The zero-order chi connectivity index (χ0) is 11.3. The minimum atomic E-state index is -0.603. The Hall–Kier alpha value is -0.120. The molecule has 0 bridgehead atoms. The molecule has 0 aromatic rings. The zero-order valence-corrected chi connectivity index (χ0v) is 10.3. The topological polar surface area (TPSA) is 44.3 Å². The molecule has 3 nitrogen and oxygen atoms in total. The van der Waals surface area contributed by atoms with E-state index >= 15 is 0 Å². The maximum Gasteiger partial charge on any atom is 0.0715 e. The highest BCUT2D eigenvalue weighted by Crippen LogP contribution is 2.12. The maximum absolute atomic E-state index is 9.59. The van der Waals surface area contributed by atoms with Gasteiger partial charge in [0, 0.05) is 18.6 Å². The Kier molecular flexibility index (Phi) is 5.03. The second kappa shape index (κ2) is 5.83. The average molecular weight is 214 g/mol. The van der Waals surface area contributed by atoms with Gasteiger partial charge in [-0.3, -0.25) is 0 Å². The molecule has 1 aliphatic heterocycles. The van der Waals surface area contributed by atoms with E-state index in [2.05, 4.69) is 17.6 Å². The molecule has 15 heavy (non-hydrogen) atoms. The molecule has 0 aliphatic carbocycles. The second-order valence-electron chi connectivity index (χ2n) is 5.48. The summed E-state index contributed by atoms with van der Waals surface area (Å²) in [5.74, 6) is 0. The van der Waals surface area contributed by atoms with Crippen LogP contribution in [0.1, 0.15) is 46.5 Å². The fourth-order valence-electron chi connectivity index (χ4n) is 2.06. The summed E-state index contributed by atoms with van der Waals surface area (Å²) in [6, 6.07) is 1.15. The molecule has 0 aromatic heterocycles. The molecule has 1 fully saturated rings. The Labute approximate surface area is 93.6 Å². The SMILES string of the molecule is CC(CC1CCCCN1)NCC(C)(C)O. The first-order chi connectivity index (χ1) is 6.97. The maximum atomic E-state index is 9.59. The number of hydrogen-bond donors (Lipinski definition) is 3. The molecule has 0 radical (unpaired) electrons. The highest BCUT2D eigenvalue weighted by molar-refractivity contribution is 4.79. The van der Waals surface area contributed by atoms with Crippen LogP contribution in [0.15, 0.2) is 0 Å². The van der Waals surface area contributed by atoms with E-state index in [0.29, 0.717) is 18.6 Å². The predicted octanol–water partition coefficient (Wildman–Crippen LogP) is 1.27. The molecule has 0 saturated carbocycles. The van der Waals surface area contributed by atoms with Crippen LogP contribution < -0.4 is 10.6 Å². The number of hydrogen-bond acceptors (Lipinski definition) is 3. The second-order valence-corrected chi connectivity index (χ2v) is 5.48. The van der Waals surface area contributed by atoms with Gasteiger partial charge in [-0.1, -0.05) is 6.42 Å². The summed E-state index contributed by atoms with van der Waals surface area (Å²) in [6.45, 7) is 7.71. The number of nitrogens with one attached hydrogen (secondary N) is 2. The predicted molar refractivity (Wildman–Crippen MR) is 64.0 cm³/mol. The van der Waals surface area contributed by atoms with Gasteiger partial charge < -0.3 is 15.7 Å². The van der Waals surface area contributed by atoms with Crippen molar-refractivity contribution in [2.75, 3.05) is 13.1 Å². The van der Waals surface area contributed by atoms with E-state index in [1.807, 2.05) is 13.8 Å². The van der Waals surface area contributed by atoms with Gasteiger partial charge in [0.2, 0.25) is 0 Å². The molecule has 3 heteroatoms. The standard InChI is InChI=1S/C12H26N2O/c1-10(14-9-12(2,3)15)8-11-6-4-5-7-13-11/h10-11,13-15H,4-9H2,1-3H3. The van der Waals surface area contributed by atoms with Crippen LogP contribution in [0.5, 0.6) is 0 Å². The summed E-state index contributed by atoms with van der Waals surface area (Å²) in [4.78, 5) is 0. The fourth-order valence-corrected chi connectivity index (χ4v) is 2.06. The zero-order valence-electron chi connectivity index (χ0n) is 10.3. The molecule has 2 unspecified atom stereocenters. The van der Waals surface area contributed by atoms with E-state index in [1.54, 1.807) is 0 Å². The summed E-state index contributed by atoms with van der Waals surface area (Å²) in [5.41, 5.74) is -0.603. The van der Waals surface area contributed by atoms with Crippen LogP contribution in [-0.4, -0.2) is 35.9 Å². The molecular formula is C12H26N2O. The molecule has 3 N–H and O–H groups in total. The summed E-state index contributed by atoms with van der Waals surface area (Å²) < 4.78 is 0. The molecule has 2 atom stereocenters. The van der Waals surface area contributed by atoms with Crippen LogP contribution in [-0.2, 0) is 0 Å². The van der Waals surface area contributed by atoms with E-state index in [-0.39, 0.29) is 0 Å². The lowest BCUT2D eigenvalue weighted by Gasteiger charge is -2.28. The lowest BCUT2D eigenvalue weighted by Crippen LogP contribution is -2.43. The Bertz CT molecular complexity index is 171. The van der Waals surface area contributed by atoms with Gasteiger partial charge in [-0.15, -0.1) is 0 Å². The lowest BCUT2D eigenvalue weighted by molar-refractivity contribution is 0.0760. The van der Waals surface area contributed by atoms with Crippen LogP contribution >= 0.6 is 0 Å². The van der Waals surface area contributed by atoms with Crippen molar-refractivity contribution in [3.8, 4) is 0 Å². The highest BCUT2D eigenvalue weighted by atomic mass is 16.3. The third-order valence-electron chi connectivity index (χ3n) is 2.93. The number of rotatable bonds is 5. The van der Waals surface area contributed by atoms with Gasteiger partial charge in [-0.2, -0.15) is 0 Å². The Balaban J connectivity index is 2.14. The van der Waals surface area contributed by atoms with Crippen molar-refractivity contribution >= 4 is 0 Å². The van der Waals surface area contributed by atoms with Gasteiger partial charge in [0.1, 0.15) is 0 Å². The lowest BCUT2D eigenvalue weighted by atomic mass is 9.98.